The number of thioether (sulfide) groups is 1. The van der Waals surface area contributed by atoms with Crippen LogP contribution in [-0.2, 0) is 6.61 Å². The van der Waals surface area contributed by atoms with Crippen LogP contribution in [0.25, 0.3) is 5.69 Å². The van der Waals surface area contributed by atoms with Gasteiger partial charge in [-0.15, -0.1) is 10.2 Å². The molecule has 174 valence electrons. The Morgan fingerprint density at radius 1 is 1.06 bits per heavy atom. The summed E-state index contributed by atoms with van der Waals surface area (Å²) < 4.78 is 20.6. The van der Waals surface area contributed by atoms with Gasteiger partial charge in [-0.05, 0) is 66.6 Å². The van der Waals surface area contributed by atoms with Gasteiger partial charge < -0.3 is 4.74 Å². The Morgan fingerprint density at radius 2 is 1.74 bits per heavy atom. The Kier molecular flexibility index (Phi) is 7.44. The first-order chi connectivity index (χ1) is 16.4. The Balaban J connectivity index is 1.52. The van der Waals surface area contributed by atoms with Gasteiger partial charge in [-0.2, -0.15) is 0 Å². The summed E-state index contributed by atoms with van der Waals surface area (Å²) in [4.78, 5) is 11.1. The van der Waals surface area contributed by atoms with E-state index in [9.17, 15) is 14.5 Å². The zero-order valence-electron chi connectivity index (χ0n) is 18.1. The Hall–Kier alpha value is -3.43. The monoisotopic (exact) mass is 498 g/mol. The largest absolute Gasteiger partial charge is 0.489 e. The fourth-order valence-electron chi connectivity index (χ4n) is 3.31. The minimum atomic E-state index is -0.490. The minimum absolute atomic E-state index is 0.285. The lowest BCUT2D eigenvalue weighted by Crippen LogP contribution is -2.11. The molecular weight excluding hydrogens is 479 g/mol. The highest BCUT2D eigenvalue weighted by atomic mass is 35.5. The fraction of sp³-hybridized carbons (Fsp3) is 0.167. The molecule has 0 fully saturated rings. The van der Waals surface area contributed by atoms with Gasteiger partial charge in [0.05, 0.1) is 0 Å². The van der Waals surface area contributed by atoms with Crippen LogP contribution in [0.4, 0.5) is 4.39 Å². The SMILES string of the molecule is Cc1nnc(S[C@H](C[N+](=O)[O-])c2ccc(OCc3ccc(F)cc3)cc2)n1-c1ccc(Cl)cc1. The first-order valence-corrected chi connectivity index (χ1v) is 11.6. The van der Waals surface area contributed by atoms with Crippen molar-refractivity contribution in [2.24, 2.45) is 0 Å². The van der Waals surface area contributed by atoms with E-state index >= 15 is 0 Å². The van der Waals surface area contributed by atoms with E-state index in [0.29, 0.717) is 21.8 Å². The molecule has 0 amide bonds. The van der Waals surface area contributed by atoms with Crippen LogP contribution < -0.4 is 4.74 Å². The Labute approximate surface area is 204 Å². The minimum Gasteiger partial charge on any atom is -0.489 e. The zero-order chi connectivity index (χ0) is 24.1. The van der Waals surface area contributed by atoms with Crippen molar-refractivity contribution in [3.63, 3.8) is 0 Å². The molecule has 0 saturated carbocycles. The molecule has 7 nitrogen and oxygen atoms in total. The molecule has 3 aromatic carbocycles. The molecule has 1 heterocycles. The molecule has 4 rings (SSSR count). The maximum atomic E-state index is 13.0. The first kappa shape index (κ1) is 23.7. The Morgan fingerprint density at radius 3 is 2.38 bits per heavy atom. The number of hydrogen-bond donors (Lipinski definition) is 0. The topological polar surface area (TPSA) is 83.1 Å². The predicted octanol–water partition coefficient (Wildman–Crippen LogP) is 6.06. The normalized spacial score (nSPS) is 11.9. The number of nitrogens with zero attached hydrogens (tertiary/aromatic N) is 4. The van der Waals surface area contributed by atoms with Crippen molar-refractivity contribution in [1.82, 2.24) is 14.8 Å². The molecule has 0 saturated heterocycles. The first-order valence-electron chi connectivity index (χ1n) is 10.3. The zero-order valence-corrected chi connectivity index (χ0v) is 19.7. The quantitative estimate of drug-likeness (QED) is 0.158. The smallest absolute Gasteiger partial charge is 0.220 e. The summed E-state index contributed by atoms with van der Waals surface area (Å²) in [6.45, 7) is 1.82. The highest BCUT2D eigenvalue weighted by Gasteiger charge is 2.24. The van der Waals surface area contributed by atoms with Crippen LogP contribution >= 0.6 is 23.4 Å². The number of aromatic nitrogens is 3. The van der Waals surface area contributed by atoms with Crippen molar-refractivity contribution >= 4 is 23.4 Å². The summed E-state index contributed by atoms with van der Waals surface area (Å²) in [6.07, 6.45) is 0. The highest BCUT2D eigenvalue weighted by molar-refractivity contribution is 7.99. The maximum absolute atomic E-state index is 13.0. The third-order valence-electron chi connectivity index (χ3n) is 5.01. The average Bonchev–Trinajstić information content (AvgIpc) is 3.19. The van der Waals surface area contributed by atoms with Crippen molar-refractivity contribution in [2.75, 3.05) is 6.54 Å². The average molecular weight is 499 g/mol. The van der Waals surface area contributed by atoms with Crippen molar-refractivity contribution in [2.45, 2.75) is 23.9 Å². The predicted molar refractivity (Wildman–Crippen MR) is 129 cm³/mol. The molecule has 1 aromatic heterocycles. The van der Waals surface area contributed by atoms with E-state index in [1.165, 1.54) is 23.9 Å². The van der Waals surface area contributed by atoms with Crippen molar-refractivity contribution < 1.29 is 14.1 Å². The summed E-state index contributed by atoms with van der Waals surface area (Å²) >= 11 is 7.28. The number of hydrogen-bond acceptors (Lipinski definition) is 6. The highest BCUT2D eigenvalue weighted by Crippen LogP contribution is 2.36. The van der Waals surface area contributed by atoms with Crippen molar-refractivity contribution in [3.05, 3.63) is 111 Å². The van der Waals surface area contributed by atoms with Gasteiger partial charge in [0.1, 0.15) is 29.2 Å². The van der Waals surface area contributed by atoms with Crippen LogP contribution in [0.5, 0.6) is 5.75 Å². The summed E-state index contributed by atoms with van der Waals surface area (Å²) in [5.74, 6) is 0.969. The second-order valence-corrected chi connectivity index (χ2v) is 9.05. The van der Waals surface area contributed by atoms with Gasteiger partial charge in [0.2, 0.25) is 6.54 Å². The van der Waals surface area contributed by atoms with Crippen LogP contribution in [0.3, 0.4) is 0 Å². The van der Waals surface area contributed by atoms with Gasteiger partial charge >= 0.3 is 0 Å². The summed E-state index contributed by atoms with van der Waals surface area (Å²) in [6, 6.07) is 20.4. The van der Waals surface area contributed by atoms with Crippen molar-refractivity contribution in [3.8, 4) is 11.4 Å². The maximum Gasteiger partial charge on any atom is 0.220 e. The van der Waals surface area contributed by atoms with Crippen molar-refractivity contribution in [1.29, 1.82) is 0 Å². The third-order valence-corrected chi connectivity index (χ3v) is 6.45. The lowest BCUT2D eigenvalue weighted by atomic mass is 10.1. The lowest BCUT2D eigenvalue weighted by Gasteiger charge is -2.15. The molecule has 0 radical (unpaired) electrons. The van der Waals surface area contributed by atoms with E-state index in [1.54, 1.807) is 48.5 Å². The molecule has 0 spiro atoms. The fourth-order valence-corrected chi connectivity index (χ4v) is 4.61. The van der Waals surface area contributed by atoms with E-state index in [-0.39, 0.29) is 23.9 Å². The third kappa shape index (κ3) is 5.92. The van der Waals surface area contributed by atoms with Crippen LogP contribution in [0.15, 0.2) is 78.0 Å². The lowest BCUT2D eigenvalue weighted by molar-refractivity contribution is -0.479. The van der Waals surface area contributed by atoms with Gasteiger partial charge in [-0.3, -0.25) is 14.7 Å². The molecule has 0 aliphatic heterocycles. The van der Waals surface area contributed by atoms with Gasteiger partial charge in [0, 0.05) is 15.6 Å². The summed E-state index contributed by atoms with van der Waals surface area (Å²) in [5, 5.41) is 20.5. The van der Waals surface area contributed by atoms with E-state index < -0.39 is 5.25 Å². The number of nitro groups is 1. The molecular formula is C24H20ClFN4O3S. The number of aryl methyl sites for hydroxylation is 1. The summed E-state index contributed by atoms with van der Waals surface area (Å²) in [5.41, 5.74) is 2.42. The molecule has 0 aliphatic rings. The number of rotatable bonds is 9. The van der Waals surface area contributed by atoms with Gasteiger partial charge in [0.25, 0.3) is 0 Å². The molecule has 0 aliphatic carbocycles. The second-order valence-electron chi connectivity index (χ2n) is 7.45. The van der Waals surface area contributed by atoms with Gasteiger partial charge in [-0.1, -0.05) is 47.6 Å². The molecule has 1 atom stereocenters. The van der Waals surface area contributed by atoms with Crippen LogP contribution in [0.1, 0.15) is 22.2 Å². The summed E-state index contributed by atoms with van der Waals surface area (Å²) in [7, 11) is 0. The number of halogens is 2. The van der Waals surface area contributed by atoms with Crippen LogP contribution in [-0.4, -0.2) is 26.2 Å². The van der Waals surface area contributed by atoms with E-state index in [2.05, 4.69) is 10.2 Å². The van der Waals surface area contributed by atoms with E-state index in [1.807, 2.05) is 23.6 Å². The molecule has 34 heavy (non-hydrogen) atoms. The van der Waals surface area contributed by atoms with E-state index in [0.717, 1.165) is 16.8 Å². The Bertz CT molecular complexity index is 1270. The molecule has 4 aromatic rings. The van der Waals surface area contributed by atoms with Gasteiger partial charge in [-0.25, -0.2) is 4.39 Å². The van der Waals surface area contributed by atoms with Crippen LogP contribution in [0, 0.1) is 22.9 Å². The van der Waals surface area contributed by atoms with Crippen LogP contribution in [0.2, 0.25) is 5.02 Å². The molecule has 0 bridgehead atoms. The second kappa shape index (κ2) is 10.7. The van der Waals surface area contributed by atoms with Gasteiger partial charge in [0.15, 0.2) is 5.16 Å². The number of benzene rings is 3. The molecule has 0 unspecified atom stereocenters. The standard InChI is InChI=1S/C24H20ClFN4O3S/c1-16-27-28-24(30(16)21-10-6-19(25)7-11-21)34-23(14-29(31)32)18-4-12-22(13-5-18)33-15-17-2-8-20(26)9-3-17/h2-13,23H,14-15H2,1H3/t23-/m1/s1. The van der Waals surface area contributed by atoms with E-state index in [4.69, 9.17) is 16.3 Å². The number of ether oxygens (including phenoxy) is 1. The molecule has 10 heteroatoms. The molecule has 0 N–H and O–H groups in total.